The lowest BCUT2D eigenvalue weighted by atomic mass is 9.91. The molecule has 29 heavy (non-hydrogen) atoms. The van der Waals surface area contributed by atoms with Crippen molar-refractivity contribution in [2.24, 2.45) is 5.73 Å². The average molecular weight is 396 g/mol. The van der Waals surface area contributed by atoms with E-state index in [1.165, 1.54) is 12.1 Å². The lowest BCUT2D eigenvalue weighted by Crippen LogP contribution is -2.32. The summed E-state index contributed by atoms with van der Waals surface area (Å²) in [5.41, 5.74) is 11.5. The molecular weight excluding hydrogens is 374 g/mol. The third kappa shape index (κ3) is 3.82. The molecule has 1 aliphatic carbocycles. The fourth-order valence-corrected chi connectivity index (χ4v) is 3.95. The second-order valence-corrected chi connectivity index (χ2v) is 7.62. The predicted molar refractivity (Wildman–Crippen MR) is 108 cm³/mol. The smallest absolute Gasteiger partial charge is 0.225 e. The molecule has 2 atom stereocenters. The molecule has 1 amide bonds. The Bertz CT molecular complexity index is 1120. The van der Waals surface area contributed by atoms with Crippen molar-refractivity contribution in [3.63, 3.8) is 0 Å². The van der Waals surface area contributed by atoms with E-state index in [1.54, 1.807) is 12.1 Å². The van der Waals surface area contributed by atoms with Gasteiger partial charge in [-0.2, -0.15) is 0 Å². The standard InChI is InChI=1S/C22H22F2N4O/c1-11-12(2)27-21-8-14(4-6-20(21)26-11)28-22(29)10-19(25)15-5-3-13-7-17(23)18(24)9-16(13)15/h4,6-9,15,19H,3,5,10,25H2,1-2H3,(H,28,29). The number of halogens is 2. The van der Waals surface area contributed by atoms with Gasteiger partial charge in [-0.15, -0.1) is 0 Å². The van der Waals surface area contributed by atoms with Crippen molar-refractivity contribution < 1.29 is 13.6 Å². The van der Waals surface area contributed by atoms with Gasteiger partial charge in [-0.25, -0.2) is 18.7 Å². The van der Waals surface area contributed by atoms with Crippen LogP contribution >= 0.6 is 0 Å². The Morgan fingerprint density at radius 2 is 1.83 bits per heavy atom. The minimum absolute atomic E-state index is 0.0831. The zero-order valence-electron chi connectivity index (χ0n) is 16.3. The molecule has 1 aliphatic rings. The number of aromatic nitrogens is 2. The van der Waals surface area contributed by atoms with Crippen LogP contribution in [0.3, 0.4) is 0 Å². The molecule has 3 N–H and O–H groups in total. The Labute approximate surface area is 167 Å². The second kappa shape index (κ2) is 7.48. The van der Waals surface area contributed by atoms with Crippen molar-refractivity contribution in [3.05, 3.63) is 64.5 Å². The number of nitrogens with zero attached hydrogens (tertiary/aromatic N) is 2. The number of aryl methyl sites for hydroxylation is 3. The Kier molecular flexibility index (Phi) is 5.00. The van der Waals surface area contributed by atoms with E-state index >= 15 is 0 Å². The highest BCUT2D eigenvalue weighted by atomic mass is 19.2. The van der Waals surface area contributed by atoms with Gasteiger partial charge in [-0.05, 0) is 68.1 Å². The van der Waals surface area contributed by atoms with Crippen molar-refractivity contribution in [2.75, 3.05) is 5.32 Å². The SMILES string of the molecule is Cc1nc2ccc(NC(=O)CC(N)C3CCc4cc(F)c(F)cc43)cc2nc1C. The molecule has 2 aromatic carbocycles. The highest BCUT2D eigenvalue weighted by molar-refractivity contribution is 5.93. The first-order valence-electron chi connectivity index (χ1n) is 9.60. The molecule has 5 nitrogen and oxygen atoms in total. The van der Waals surface area contributed by atoms with Crippen LogP contribution in [0.15, 0.2) is 30.3 Å². The van der Waals surface area contributed by atoms with Gasteiger partial charge in [0.2, 0.25) is 5.91 Å². The Balaban J connectivity index is 1.46. The second-order valence-electron chi connectivity index (χ2n) is 7.62. The van der Waals surface area contributed by atoms with Crippen molar-refractivity contribution >= 4 is 22.6 Å². The van der Waals surface area contributed by atoms with Crippen LogP contribution in [0.5, 0.6) is 0 Å². The minimum atomic E-state index is -0.880. The van der Waals surface area contributed by atoms with Crippen LogP contribution in [0.2, 0.25) is 0 Å². The van der Waals surface area contributed by atoms with Crippen LogP contribution < -0.4 is 11.1 Å². The molecule has 3 aromatic rings. The quantitative estimate of drug-likeness (QED) is 0.701. The van der Waals surface area contributed by atoms with E-state index in [2.05, 4.69) is 15.3 Å². The molecular formula is C22H22F2N4O. The summed E-state index contributed by atoms with van der Waals surface area (Å²) < 4.78 is 27.1. The van der Waals surface area contributed by atoms with Gasteiger partial charge in [0.1, 0.15) is 0 Å². The first kappa shape index (κ1) is 19.4. The Morgan fingerprint density at radius 3 is 2.59 bits per heavy atom. The molecule has 4 rings (SSSR count). The molecule has 0 saturated carbocycles. The highest BCUT2D eigenvalue weighted by Gasteiger charge is 2.30. The monoisotopic (exact) mass is 396 g/mol. The fraction of sp³-hybridized carbons (Fsp3) is 0.318. The van der Waals surface area contributed by atoms with E-state index in [1.807, 2.05) is 19.9 Å². The average Bonchev–Trinajstić information content (AvgIpc) is 3.06. The first-order valence-corrected chi connectivity index (χ1v) is 9.60. The van der Waals surface area contributed by atoms with E-state index in [0.29, 0.717) is 29.6 Å². The molecule has 0 bridgehead atoms. The Hall–Kier alpha value is -2.93. The van der Waals surface area contributed by atoms with Gasteiger partial charge in [0.05, 0.1) is 22.4 Å². The molecule has 1 aromatic heterocycles. The minimum Gasteiger partial charge on any atom is -0.327 e. The van der Waals surface area contributed by atoms with Gasteiger partial charge in [-0.3, -0.25) is 4.79 Å². The topological polar surface area (TPSA) is 80.9 Å². The molecule has 0 fully saturated rings. The number of rotatable bonds is 4. The van der Waals surface area contributed by atoms with Gasteiger partial charge >= 0.3 is 0 Å². The number of nitrogens with one attached hydrogen (secondary N) is 1. The number of carbonyl (C=O) groups is 1. The van der Waals surface area contributed by atoms with Crippen LogP contribution in [0.25, 0.3) is 11.0 Å². The number of fused-ring (bicyclic) bond motifs is 2. The number of carbonyl (C=O) groups excluding carboxylic acids is 1. The zero-order valence-corrected chi connectivity index (χ0v) is 16.3. The number of benzene rings is 2. The van der Waals surface area contributed by atoms with Gasteiger partial charge in [-0.1, -0.05) is 0 Å². The van der Waals surface area contributed by atoms with Crippen LogP contribution in [0, 0.1) is 25.5 Å². The van der Waals surface area contributed by atoms with Gasteiger partial charge in [0.15, 0.2) is 11.6 Å². The normalized spacial score (nSPS) is 16.7. The number of hydrogen-bond donors (Lipinski definition) is 2. The largest absolute Gasteiger partial charge is 0.327 e. The summed E-state index contributed by atoms with van der Waals surface area (Å²) in [6.07, 6.45) is 1.39. The summed E-state index contributed by atoms with van der Waals surface area (Å²) in [7, 11) is 0. The summed E-state index contributed by atoms with van der Waals surface area (Å²) >= 11 is 0. The molecule has 2 unspecified atom stereocenters. The van der Waals surface area contributed by atoms with E-state index < -0.39 is 17.7 Å². The summed E-state index contributed by atoms with van der Waals surface area (Å²) in [5, 5.41) is 2.85. The van der Waals surface area contributed by atoms with Crippen molar-refractivity contribution in [2.45, 2.75) is 45.1 Å². The number of amides is 1. The molecule has 7 heteroatoms. The van der Waals surface area contributed by atoms with Crippen molar-refractivity contribution in [1.29, 1.82) is 0 Å². The van der Waals surface area contributed by atoms with E-state index in [4.69, 9.17) is 5.73 Å². The van der Waals surface area contributed by atoms with Crippen LogP contribution in [-0.2, 0) is 11.2 Å². The van der Waals surface area contributed by atoms with E-state index in [0.717, 1.165) is 22.5 Å². The summed E-state index contributed by atoms with van der Waals surface area (Å²) in [6, 6.07) is 7.34. The summed E-state index contributed by atoms with van der Waals surface area (Å²) in [6.45, 7) is 3.79. The summed E-state index contributed by atoms with van der Waals surface area (Å²) in [4.78, 5) is 21.5. The van der Waals surface area contributed by atoms with Gasteiger partial charge in [0, 0.05) is 24.1 Å². The third-order valence-electron chi connectivity index (χ3n) is 5.60. The maximum atomic E-state index is 13.6. The van der Waals surface area contributed by atoms with Gasteiger partial charge < -0.3 is 11.1 Å². The number of anilines is 1. The molecule has 0 radical (unpaired) electrons. The molecule has 0 spiro atoms. The fourth-order valence-electron chi connectivity index (χ4n) is 3.95. The molecule has 1 heterocycles. The lowest BCUT2D eigenvalue weighted by Gasteiger charge is -2.20. The Morgan fingerprint density at radius 1 is 1.14 bits per heavy atom. The first-order chi connectivity index (χ1) is 13.8. The molecule has 0 saturated heterocycles. The van der Waals surface area contributed by atoms with Crippen LogP contribution in [0.1, 0.15) is 41.3 Å². The lowest BCUT2D eigenvalue weighted by molar-refractivity contribution is -0.116. The van der Waals surface area contributed by atoms with Crippen LogP contribution in [-0.4, -0.2) is 21.9 Å². The number of hydrogen-bond acceptors (Lipinski definition) is 4. The summed E-state index contributed by atoms with van der Waals surface area (Å²) in [5.74, 6) is -2.13. The van der Waals surface area contributed by atoms with Gasteiger partial charge in [0.25, 0.3) is 0 Å². The zero-order chi connectivity index (χ0) is 20.7. The van der Waals surface area contributed by atoms with Crippen molar-refractivity contribution in [3.8, 4) is 0 Å². The highest BCUT2D eigenvalue weighted by Crippen LogP contribution is 2.37. The van der Waals surface area contributed by atoms with Crippen LogP contribution in [0.4, 0.5) is 14.5 Å². The van der Waals surface area contributed by atoms with E-state index in [-0.39, 0.29) is 18.2 Å². The van der Waals surface area contributed by atoms with E-state index in [9.17, 15) is 13.6 Å². The third-order valence-corrected chi connectivity index (χ3v) is 5.60. The maximum absolute atomic E-state index is 13.6. The molecule has 0 aliphatic heterocycles. The maximum Gasteiger partial charge on any atom is 0.225 e. The van der Waals surface area contributed by atoms with Crippen molar-refractivity contribution in [1.82, 2.24) is 9.97 Å². The molecule has 150 valence electrons. The number of nitrogens with two attached hydrogens (primary N) is 1. The predicted octanol–water partition coefficient (Wildman–Crippen LogP) is 3.91.